The molecule has 20 heavy (non-hydrogen) atoms. The van der Waals surface area contributed by atoms with Crippen LogP contribution in [0.1, 0.15) is 38.2 Å². The molecule has 0 saturated heterocycles. The highest BCUT2D eigenvalue weighted by atomic mass is 16.6. The summed E-state index contributed by atoms with van der Waals surface area (Å²) in [7, 11) is 0. The first-order valence-corrected chi connectivity index (χ1v) is 7.01. The molecule has 1 aromatic carbocycles. The van der Waals surface area contributed by atoms with E-state index in [0.29, 0.717) is 19.5 Å². The van der Waals surface area contributed by atoms with E-state index in [4.69, 9.17) is 0 Å². The third-order valence-corrected chi connectivity index (χ3v) is 3.24. The predicted octanol–water partition coefficient (Wildman–Crippen LogP) is 2.70. The van der Waals surface area contributed by atoms with Crippen molar-refractivity contribution < 1.29 is 9.72 Å². The van der Waals surface area contributed by atoms with Gasteiger partial charge in [0.05, 0.1) is 5.92 Å². The molecule has 5 nitrogen and oxygen atoms in total. The van der Waals surface area contributed by atoms with Crippen LogP contribution in [0, 0.1) is 10.1 Å². The molecule has 1 amide bonds. The van der Waals surface area contributed by atoms with Gasteiger partial charge in [-0.05, 0) is 18.9 Å². The molecule has 0 N–H and O–H groups in total. The van der Waals surface area contributed by atoms with Gasteiger partial charge in [0, 0.05) is 24.4 Å². The van der Waals surface area contributed by atoms with Crippen LogP contribution in [0.4, 0.5) is 0 Å². The van der Waals surface area contributed by atoms with E-state index < -0.39 is 0 Å². The average molecular weight is 278 g/mol. The summed E-state index contributed by atoms with van der Waals surface area (Å²) in [5, 5.41) is 10.4. The molecule has 0 fully saturated rings. The Kier molecular flexibility index (Phi) is 6.70. The van der Waals surface area contributed by atoms with Gasteiger partial charge in [-0.1, -0.05) is 37.3 Å². The maximum absolute atomic E-state index is 12.5. The summed E-state index contributed by atoms with van der Waals surface area (Å²) >= 11 is 0. The molecule has 1 atom stereocenters. The minimum absolute atomic E-state index is 0.0430. The van der Waals surface area contributed by atoms with Crippen LogP contribution in [0.25, 0.3) is 0 Å². The van der Waals surface area contributed by atoms with Gasteiger partial charge in [0.15, 0.2) is 0 Å². The molecule has 0 aromatic heterocycles. The Bertz CT molecular complexity index is 434. The largest absolute Gasteiger partial charge is 0.342 e. The molecule has 0 aliphatic carbocycles. The second kappa shape index (κ2) is 8.30. The normalized spacial score (nSPS) is 11.9. The monoisotopic (exact) mass is 278 g/mol. The van der Waals surface area contributed by atoms with Crippen LogP contribution in [-0.2, 0) is 4.79 Å². The fourth-order valence-electron chi connectivity index (χ4n) is 2.15. The fraction of sp³-hybridized carbons (Fsp3) is 0.533. The molecule has 0 aliphatic heterocycles. The number of amides is 1. The summed E-state index contributed by atoms with van der Waals surface area (Å²) in [6, 6.07) is 9.61. The molecule has 0 radical (unpaired) electrons. The summed E-state index contributed by atoms with van der Waals surface area (Å²) in [4.78, 5) is 24.2. The van der Waals surface area contributed by atoms with E-state index in [0.717, 1.165) is 12.0 Å². The smallest absolute Gasteiger partial charge is 0.229 e. The Hall–Kier alpha value is -1.91. The van der Waals surface area contributed by atoms with Gasteiger partial charge < -0.3 is 4.90 Å². The van der Waals surface area contributed by atoms with Crippen molar-refractivity contribution in [3.8, 4) is 0 Å². The van der Waals surface area contributed by atoms with Gasteiger partial charge in [-0.25, -0.2) is 0 Å². The minimum atomic E-state index is -0.338. The first-order chi connectivity index (χ1) is 9.56. The number of hydrogen-bond donors (Lipinski definition) is 0. The van der Waals surface area contributed by atoms with Crippen LogP contribution in [-0.4, -0.2) is 35.4 Å². The molecular formula is C15H22N2O3. The average Bonchev–Trinajstić information content (AvgIpc) is 2.45. The molecule has 0 aliphatic rings. The van der Waals surface area contributed by atoms with Gasteiger partial charge in [0.1, 0.15) is 0 Å². The number of rotatable bonds is 8. The molecule has 0 saturated carbocycles. The molecule has 0 unspecified atom stereocenters. The first kappa shape index (κ1) is 16.1. The third kappa shape index (κ3) is 4.99. The van der Waals surface area contributed by atoms with Crippen molar-refractivity contribution >= 4 is 5.91 Å². The van der Waals surface area contributed by atoms with Gasteiger partial charge in [-0.15, -0.1) is 0 Å². The second-order valence-electron chi connectivity index (χ2n) is 4.87. The highest BCUT2D eigenvalue weighted by Crippen LogP contribution is 2.18. The van der Waals surface area contributed by atoms with E-state index >= 15 is 0 Å². The van der Waals surface area contributed by atoms with Gasteiger partial charge in [-0.2, -0.15) is 0 Å². The lowest BCUT2D eigenvalue weighted by molar-refractivity contribution is -0.480. The second-order valence-corrected chi connectivity index (χ2v) is 4.87. The molecule has 0 heterocycles. The zero-order chi connectivity index (χ0) is 15.0. The summed E-state index contributed by atoms with van der Waals surface area (Å²) < 4.78 is 0. The summed E-state index contributed by atoms with van der Waals surface area (Å²) in [5.74, 6) is -0.167. The number of carbonyl (C=O) groups is 1. The molecule has 110 valence electrons. The highest BCUT2D eigenvalue weighted by molar-refractivity contribution is 5.83. The van der Waals surface area contributed by atoms with E-state index in [2.05, 4.69) is 0 Å². The molecule has 0 spiro atoms. The lowest BCUT2D eigenvalue weighted by Crippen LogP contribution is -2.36. The van der Waals surface area contributed by atoms with Crippen LogP contribution in [0.3, 0.4) is 0 Å². The first-order valence-electron chi connectivity index (χ1n) is 7.01. The summed E-state index contributed by atoms with van der Waals surface area (Å²) in [5.41, 5.74) is 0.980. The lowest BCUT2D eigenvalue weighted by Gasteiger charge is -2.25. The molecule has 1 rings (SSSR count). The lowest BCUT2D eigenvalue weighted by atomic mass is 9.99. The molecular weight excluding hydrogens is 256 g/mol. The maximum Gasteiger partial charge on any atom is 0.229 e. The van der Waals surface area contributed by atoms with E-state index in [1.165, 1.54) is 0 Å². The van der Waals surface area contributed by atoms with Gasteiger partial charge in [0.25, 0.3) is 0 Å². The number of carbonyl (C=O) groups excluding carboxylic acids is 1. The third-order valence-electron chi connectivity index (χ3n) is 3.24. The number of hydrogen-bond acceptors (Lipinski definition) is 3. The van der Waals surface area contributed by atoms with Crippen LogP contribution >= 0.6 is 0 Å². The SMILES string of the molecule is CCCN(CCC[N+](=O)[O-])C(=O)[C@H](C)c1ccccc1. The number of nitrogens with zero attached hydrogens (tertiary/aromatic N) is 2. The van der Waals surface area contributed by atoms with Crippen molar-refractivity contribution in [1.82, 2.24) is 4.90 Å². The topological polar surface area (TPSA) is 63.4 Å². The Labute approximate surface area is 119 Å². The van der Waals surface area contributed by atoms with Crippen molar-refractivity contribution in [3.63, 3.8) is 0 Å². The predicted molar refractivity (Wildman–Crippen MR) is 78.2 cm³/mol. The van der Waals surface area contributed by atoms with Crippen LogP contribution in [0.5, 0.6) is 0 Å². The summed E-state index contributed by atoms with van der Waals surface area (Å²) in [6.45, 7) is 4.89. The Morgan fingerprint density at radius 2 is 1.95 bits per heavy atom. The minimum Gasteiger partial charge on any atom is -0.342 e. The van der Waals surface area contributed by atoms with Crippen molar-refractivity contribution in [2.24, 2.45) is 0 Å². The fourth-order valence-corrected chi connectivity index (χ4v) is 2.15. The van der Waals surface area contributed by atoms with Crippen molar-refractivity contribution in [3.05, 3.63) is 46.0 Å². The highest BCUT2D eigenvalue weighted by Gasteiger charge is 2.21. The quantitative estimate of drug-likeness (QED) is 0.542. The van der Waals surface area contributed by atoms with Crippen molar-refractivity contribution in [2.45, 2.75) is 32.6 Å². The van der Waals surface area contributed by atoms with E-state index in [-0.39, 0.29) is 23.3 Å². The van der Waals surface area contributed by atoms with Crippen molar-refractivity contribution in [1.29, 1.82) is 0 Å². The number of nitro groups is 1. The van der Waals surface area contributed by atoms with Crippen molar-refractivity contribution in [2.75, 3.05) is 19.6 Å². The maximum atomic E-state index is 12.5. The van der Waals surface area contributed by atoms with Crippen LogP contribution < -0.4 is 0 Å². The number of benzene rings is 1. The van der Waals surface area contributed by atoms with Gasteiger partial charge in [0.2, 0.25) is 12.5 Å². The standard InChI is InChI=1S/C15H22N2O3/c1-3-10-16(11-7-12-17(19)20)15(18)13(2)14-8-5-4-6-9-14/h4-6,8-9,13H,3,7,10-12H2,1-2H3/t13-/m1/s1. The van der Waals surface area contributed by atoms with Crippen LogP contribution in [0.2, 0.25) is 0 Å². The molecule has 0 bridgehead atoms. The molecule has 1 aromatic rings. The summed E-state index contributed by atoms with van der Waals surface area (Å²) in [6.07, 6.45) is 1.26. The van der Waals surface area contributed by atoms with Gasteiger partial charge >= 0.3 is 0 Å². The zero-order valence-corrected chi connectivity index (χ0v) is 12.1. The molecule has 5 heteroatoms. The Balaban J connectivity index is 2.65. The zero-order valence-electron chi connectivity index (χ0n) is 12.1. The van der Waals surface area contributed by atoms with E-state index in [1.807, 2.05) is 44.2 Å². The van der Waals surface area contributed by atoms with Gasteiger partial charge in [-0.3, -0.25) is 14.9 Å². The van der Waals surface area contributed by atoms with E-state index in [1.54, 1.807) is 4.90 Å². The van der Waals surface area contributed by atoms with Crippen LogP contribution in [0.15, 0.2) is 30.3 Å². The van der Waals surface area contributed by atoms with E-state index in [9.17, 15) is 14.9 Å². The Morgan fingerprint density at radius 1 is 1.30 bits per heavy atom. The Morgan fingerprint density at radius 3 is 2.50 bits per heavy atom.